The summed E-state index contributed by atoms with van der Waals surface area (Å²) in [6.07, 6.45) is 2.98. The zero-order valence-electron chi connectivity index (χ0n) is 12.5. The molecule has 1 heterocycles. The minimum absolute atomic E-state index is 0.0255. The molecule has 112 valence electrons. The zero-order chi connectivity index (χ0) is 15.3. The van der Waals surface area contributed by atoms with Crippen LogP contribution >= 0.6 is 11.8 Å². The van der Waals surface area contributed by atoms with Crippen molar-refractivity contribution in [3.05, 3.63) is 15.8 Å². The molecule has 1 atom stereocenters. The second-order valence-electron chi connectivity index (χ2n) is 4.55. The Kier molecular flexibility index (Phi) is 6.00. The molecule has 1 N–H and O–H groups in total. The number of aryl methyl sites for hydroxylation is 1. The summed E-state index contributed by atoms with van der Waals surface area (Å²) in [4.78, 5) is 21.0. The minimum Gasteiger partial charge on any atom is -0.357 e. The van der Waals surface area contributed by atoms with Crippen LogP contribution in [0.25, 0.3) is 0 Å². The Labute approximate surface area is 123 Å². The number of rotatable bonds is 7. The van der Waals surface area contributed by atoms with Crippen molar-refractivity contribution >= 4 is 29.2 Å². The van der Waals surface area contributed by atoms with Crippen molar-refractivity contribution in [3.8, 4) is 0 Å². The average Bonchev–Trinajstić information content (AvgIpc) is 2.42. The van der Waals surface area contributed by atoms with Crippen molar-refractivity contribution in [1.82, 2.24) is 9.97 Å². The third kappa shape index (κ3) is 3.72. The van der Waals surface area contributed by atoms with Crippen molar-refractivity contribution in [2.45, 2.75) is 26.3 Å². The zero-order valence-corrected chi connectivity index (χ0v) is 13.3. The van der Waals surface area contributed by atoms with Crippen LogP contribution in [0.3, 0.4) is 0 Å². The third-order valence-corrected chi connectivity index (χ3v) is 3.83. The molecule has 0 spiro atoms. The molecule has 1 aromatic rings. The maximum Gasteiger partial charge on any atom is 0.332 e. The van der Waals surface area contributed by atoms with E-state index in [1.807, 2.05) is 25.1 Å². The Hall–Kier alpha value is -1.57. The van der Waals surface area contributed by atoms with Crippen LogP contribution in [0.4, 0.5) is 17.5 Å². The minimum atomic E-state index is -0.415. The summed E-state index contributed by atoms with van der Waals surface area (Å²) in [6, 6.07) is 0.167. The molecule has 20 heavy (non-hydrogen) atoms. The summed E-state index contributed by atoms with van der Waals surface area (Å²) in [5.74, 6) is 1.76. The van der Waals surface area contributed by atoms with Crippen LogP contribution in [0.1, 0.15) is 19.0 Å². The van der Waals surface area contributed by atoms with Gasteiger partial charge in [-0.2, -0.15) is 16.7 Å². The molecule has 1 unspecified atom stereocenters. The number of nitrogens with zero attached hydrogens (tertiary/aromatic N) is 4. The van der Waals surface area contributed by atoms with Gasteiger partial charge in [-0.25, -0.2) is 4.98 Å². The maximum absolute atomic E-state index is 11.3. The lowest BCUT2D eigenvalue weighted by Crippen LogP contribution is -2.31. The Balaban J connectivity index is 3.19. The summed E-state index contributed by atoms with van der Waals surface area (Å²) >= 11 is 1.76. The van der Waals surface area contributed by atoms with E-state index in [-0.39, 0.29) is 11.7 Å². The van der Waals surface area contributed by atoms with E-state index in [0.29, 0.717) is 17.5 Å². The summed E-state index contributed by atoms with van der Waals surface area (Å²) < 4.78 is 0. The fourth-order valence-corrected chi connectivity index (χ4v) is 2.39. The van der Waals surface area contributed by atoms with Gasteiger partial charge in [0.1, 0.15) is 5.69 Å². The van der Waals surface area contributed by atoms with Crippen molar-refractivity contribution in [1.29, 1.82) is 0 Å². The highest BCUT2D eigenvalue weighted by Gasteiger charge is 2.26. The second kappa shape index (κ2) is 7.28. The standard InChI is InChI=1S/C12H21N5O2S/c1-8(6-7-20-5)16(4)11-10(17(18)19)9(2)14-12(13-3)15-11/h8H,6-7H2,1-5H3,(H,13,14,15). The van der Waals surface area contributed by atoms with E-state index < -0.39 is 4.92 Å². The highest BCUT2D eigenvalue weighted by Crippen LogP contribution is 2.30. The molecule has 0 aliphatic carbocycles. The van der Waals surface area contributed by atoms with Crippen LogP contribution in [-0.2, 0) is 0 Å². The topological polar surface area (TPSA) is 84.2 Å². The molecule has 0 amide bonds. The molecular weight excluding hydrogens is 278 g/mol. The smallest absolute Gasteiger partial charge is 0.332 e. The van der Waals surface area contributed by atoms with Crippen LogP contribution < -0.4 is 10.2 Å². The fraction of sp³-hybridized carbons (Fsp3) is 0.667. The van der Waals surface area contributed by atoms with E-state index in [4.69, 9.17) is 0 Å². The van der Waals surface area contributed by atoms with E-state index >= 15 is 0 Å². The van der Waals surface area contributed by atoms with Crippen LogP contribution in [0, 0.1) is 17.0 Å². The van der Waals surface area contributed by atoms with Gasteiger partial charge in [-0.05, 0) is 32.3 Å². The molecule has 0 radical (unpaired) electrons. The lowest BCUT2D eigenvalue weighted by atomic mass is 10.2. The summed E-state index contributed by atoms with van der Waals surface area (Å²) in [7, 11) is 3.53. The number of nitro groups is 1. The molecule has 1 rings (SSSR count). The van der Waals surface area contributed by atoms with Gasteiger partial charge >= 0.3 is 5.69 Å². The predicted octanol–water partition coefficient (Wildman–Crippen LogP) is 2.31. The lowest BCUT2D eigenvalue weighted by Gasteiger charge is -2.26. The molecular formula is C12H21N5O2S. The first-order chi connectivity index (χ1) is 9.42. The largest absolute Gasteiger partial charge is 0.357 e. The van der Waals surface area contributed by atoms with Gasteiger partial charge in [-0.15, -0.1) is 0 Å². The molecule has 0 aliphatic heterocycles. The monoisotopic (exact) mass is 299 g/mol. The van der Waals surface area contributed by atoms with Gasteiger partial charge in [0.25, 0.3) is 0 Å². The van der Waals surface area contributed by atoms with Gasteiger partial charge in [0.15, 0.2) is 0 Å². The summed E-state index contributed by atoms with van der Waals surface area (Å²) in [5, 5.41) is 14.1. The van der Waals surface area contributed by atoms with Crippen molar-refractivity contribution in [3.63, 3.8) is 0 Å². The molecule has 7 nitrogen and oxygen atoms in total. The summed E-state index contributed by atoms with van der Waals surface area (Å²) in [6.45, 7) is 3.67. The molecule has 1 aromatic heterocycles. The van der Waals surface area contributed by atoms with Gasteiger partial charge in [0.2, 0.25) is 11.8 Å². The summed E-state index contributed by atoms with van der Waals surface area (Å²) in [5.41, 5.74) is 0.343. The van der Waals surface area contributed by atoms with E-state index in [0.717, 1.165) is 12.2 Å². The quantitative estimate of drug-likeness (QED) is 0.611. The first kappa shape index (κ1) is 16.5. The van der Waals surface area contributed by atoms with Crippen molar-refractivity contribution in [2.75, 3.05) is 36.3 Å². The Morgan fingerprint density at radius 2 is 2.15 bits per heavy atom. The van der Waals surface area contributed by atoms with Crippen LogP contribution in [-0.4, -0.2) is 47.0 Å². The highest BCUT2D eigenvalue weighted by molar-refractivity contribution is 7.98. The Bertz CT molecular complexity index is 483. The fourth-order valence-electron chi connectivity index (χ4n) is 1.81. The Morgan fingerprint density at radius 3 is 2.65 bits per heavy atom. The number of hydrogen-bond donors (Lipinski definition) is 1. The number of nitrogens with one attached hydrogen (secondary N) is 1. The van der Waals surface area contributed by atoms with Gasteiger partial charge in [-0.1, -0.05) is 0 Å². The van der Waals surface area contributed by atoms with Crippen molar-refractivity contribution < 1.29 is 4.92 Å². The number of aromatic nitrogens is 2. The second-order valence-corrected chi connectivity index (χ2v) is 5.54. The predicted molar refractivity (Wildman–Crippen MR) is 83.8 cm³/mol. The Morgan fingerprint density at radius 1 is 1.50 bits per heavy atom. The SMILES string of the molecule is CNc1nc(C)c([N+](=O)[O-])c(N(C)C(C)CCSC)n1. The van der Waals surface area contributed by atoms with E-state index in [9.17, 15) is 10.1 Å². The first-order valence-corrected chi connectivity index (χ1v) is 7.74. The average molecular weight is 299 g/mol. The first-order valence-electron chi connectivity index (χ1n) is 6.34. The molecule has 0 bridgehead atoms. The van der Waals surface area contributed by atoms with Gasteiger partial charge in [0.05, 0.1) is 4.92 Å². The molecule has 0 fully saturated rings. The molecule has 0 saturated carbocycles. The maximum atomic E-state index is 11.3. The van der Waals surface area contributed by atoms with Gasteiger partial charge < -0.3 is 10.2 Å². The third-order valence-electron chi connectivity index (χ3n) is 3.18. The van der Waals surface area contributed by atoms with Crippen LogP contribution in [0.5, 0.6) is 0 Å². The lowest BCUT2D eigenvalue weighted by molar-refractivity contribution is -0.385. The normalized spacial score (nSPS) is 12.1. The van der Waals surface area contributed by atoms with Crippen LogP contribution in [0.15, 0.2) is 0 Å². The van der Waals surface area contributed by atoms with Gasteiger partial charge in [-0.3, -0.25) is 10.1 Å². The number of hydrogen-bond acceptors (Lipinski definition) is 7. The van der Waals surface area contributed by atoms with E-state index in [2.05, 4.69) is 15.3 Å². The molecule has 8 heteroatoms. The number of thioether (sulfide) groups is 1. The molecule has 0 aliphatic rings. The molecule has 0 saturated heterocycles. The van der Waals surface area contributed by atoms with E-state index in [1.54, 1.807) is 25.7 Å². The van der Waals surface area contributed by atoms with Crippen molar-refractivity contribution in [2.24, 2.45) is 0 Å². The van der Waals surface area contributed by atoms with Crippen LogP contribution in [0.2, 0.25) is 0 Å². The molecule has 0 aromatic carbocycles. The highest BCUT2D eigenvalue weighted by atomic mass is 32.2. The number of anilines is 2. The van der Waals surface area contributed by atoms with E-state index in [1.165, 1.54) is 0 Å². The van der Waals surface area contributed by atoms with Gasteiger partial charge in [0, 0.05) is 20.1 Å².